The summed E-state index contributed by atoms with van der Waals surface area (Å²) in [5.74, 6) is -0.325. The summed E-state index contributed by atoms with van der Waals surface area (Å²) in [5.41, 5.74) is 1.20. The summed E-state index contributed by atoms with van der Waals surface area (Å²) in [6.07, 6.45) is 2.32. The van der Waals surface area contributed by atoms with Crippen LogP contribution in [0.25, 0.3) is 6.08 Å². The third-order valence-electron chi connectivity index (χ3n) is 1.97. The fourth-order valence-electron chi connectivity index (χ4n) is 1.10. The van der Waals surface area contributed by atoms with Crippen LogP contribution in [0.5, 0.6) is 0 Å². The van der Waals surface area contributed by atoms with E-state index in [0.29, 0.717) is 17.0 Å². The van der Waals surface area contributed by atoms with Crippen LogP contribution in [0.4, 0.5) is 4.39 Å². The molecule has 0 saturated heterocycles. The highest BCUT2D eigenvalue weighted by atomic mass is 35.5. The van der Waals surface area contributed by atoms with Gasteiger partial charge in [0.1, 0.15) is 5.82 Å². The highest BCUT2D eigenvalue weighted by molar-refractivity contribution is 6.30. The number of aliphatic hydroxyl groups is 1. The van der Waals surface area contributed by atoms with Crippen LogP contribution in [0.2, 0.25) is 5.02 Å². The Hall–Kier alpha value is -0.860. The van der Waals surface area contributed by atoms with Gasteiger partial charge in [0.15, 0.2) is 0 Å². The molecule has 3 heteroatoms. The largest absolute Gasteiger partial charge is 0.392 e. The molecule has 1 aromatic rings. The van der Waals surface area contributed by atoms with E-state index in [9.17, 15) is 4.39 Å². The maximum Gasteiger partial charge on any atom is 0.130 e. The molecule has 0 bridgehead atoms. The van der Waals surface area contributed by atoms with E-state index < -0.39 is 0 Å². The van der Waals surface area contributed by atoms with Crippen LogP contribution in [0.1, 0.15) is 18.9 Å². The number of rotatable bonds is 3. The van der Waals surface area contributed by atoms with E-state index in [1.54, 1.807) is 12.1 Å². The van der Waals surface area contributed by atoms with E-state index in [2.05, 4.69) is 0 Å². The first-order valence-corrected chi connectivity index (χ1v) is 4.80. The molecule has 0 fully saturated rings. The van der Waals surface area contributed by atoms with Crippen molar-refractivity contribution in [3.63, 3.8) is 0 Å². The van der Waals surface area contributed by atoms with Gasteiger partial charge in [0, 0.05) is 10.6 Å². The Morgan fingerprint density at radius 3 is 2.86 bits per heavy atom. The second-order valence-corrected chi connectivity index (χ2v) is 3.42. The number of aliphatic hydroxyl groups excluding tert-OH is 1. The molecule has 0 radical (unpaired) electrons. The molecule has 0 spiro atoms. The summed E-state index contributed by atoms with van der Waals surface area (Å²) in [5, 5.41) is 9.42. The Bertz CT molecular complexity index is 341. The maximum atomic E-state index is 13.2. The van der Waals surface area contributed by atoms with Crippen LogP contribution in [0.15, 0.2) is 23.8 Å². The first-order chi connectivity index (χ1) is 6.67. The third kappa shape index (κ3) is 2.82. The molecule has 0 aliphatic rings. The van der Waals surface area contributed by atoms with E-state index in [1.807, 2.05) is 6.92 Å². The molecule has 0 aliphatic heterocycles. The summed E-state index contributed by atoms with van der Waals surface area (Å²) >= 11 is 5.73. The monoisotopic (exact) mass is 214 g/mol. The summed E-state index contributed by atoms with van der Waals surface area (Å²) < 4.78 is 13.2. The predicted octanol–water partition coefficient (Wildman–Crippen LogP) is 3.26. The van der Waals surface area contributed by atoms with Gasteiger partial charge in [-0.15, -0.1) is 0 Å². The van der Waals surface area contributed by atoms with Gasteiger partial charge in [-0.3, -0.25) is 0 Å². The predicted molar refractivity (Wildman–Crippen MR) is 56.8 cm³/mol. The van der Waals surface area contributed by atoms with Gasteiger partial charge in [0.05, 0.1) is 6.61 Å². The van der Waals surface area contributed by atoms with E-state index in [4.69, 9.17) is 16.7 Å². The normalized spacial score (nSPS) is 11.9. The smallest absolute Gasteiger partial charge is 0.130 e. The molecule has 0 saturated carbocycles. The van der Waals surface area contributed by atoms with Crippen LogP contribution in [0.3, 0.4) is 0 Å². The summed E-state index contributed by atoms with van der Waals surface area (Å²) in [6.45, 7) is 1.85. The van der Waals surface area contributed by atoms with Crippen molar-refractivity contribution in [2.45, 2.75) is 13.3 Å². The summed E-state index contributed by atoms with van der Waals surface area (Å²) in [6, 6.07) is 4.36. The Kier molecular flexibility index (Phi) is 4.11. The van der Waals surface area contributed by atoms with Gasteiger partial charge in [-0.25, -0.2) is 4.39 Å². The standard InChI is InChI=1S/C11H12ClFO/c1-2-8(7-14)5-9-6-10(12)3-4-11(9)13/h3-6,14H,2,7H2,1H3/b8-5-. The maximum absolute atomic E-state index is 13.2. The second-order valence-electron chi connectivity index (χ2n) is 2.98. The Labute approximate surface area is 87.8 Å². The van der Waals surface area contributed by atoms with E-state index in [-0.39, 0.29) is 12.4 Å². The number of benzene rings is 1. The minimum atomic E-state index is -0.325. The van der Waals surface area contributed by atoms with Crippen molar-refractivity contribution in [3.05, 3.63) is 40.2 Å². The van der Waals surface area contributed by atoms with Crippen LogP contribution in [-0.2, 0) is 0 Å². The van der Waals surface area contributed by atoms with Gasteiger partial charge in [0.2, 0.25) is 0 Å². The Morgan fingerprint density at radius 2 is 2.29 bits per heavy atom. The SMILES string of the molecule is CC/C(=C/c1cc(Cl)ccc1F)CO. The van der Waals surface area contributed by atoms with Gasteiger partial charge in [-0.1, -0.05) is 24.6 Å². The fraction of sp³-hybridized carbons (Fsp3) is 0.273. The van der Waals surface area contributed by atoms with Gasteiger partial charge < -0.3 is 5.11 Å². The van der Waals surface area contributed by atoms with Crippen LogP contribution < -0.4 is 0 Å². The summed E-state index contributed by atoms with van der Waals surface area (Å²) in [7, 11) is 0. The van der Waals surface area contributed by atoms with E-state index >= 15 is 0 Å². The van der Waals surface area contributed by atoms with Crippen molar-refractivity contribution < 1.29 is 9.50 Å². The van der Waals surface area contributed by atoms with Crippen molar-refractivity contribution in [1.29, 1.82) is 0 Å². The van der Waals surface area contributed by atoms with Crippen molar-refractivity contribution in [2.75, 3.05) is 6.61 Å². The highest BCUT2D eigenvalue weighted by Gasteiger charge is 2.01. The van der Waals surface area contributed by atoms with Crippen LogP contribution in [-0.4, -0.2) is 11.7 Å². The fourth-order valence-corrected chi connectivity index (χ4v) is 1.29. The summed E-state index contributed by atoms with van der Waals surface area (Å²) in [4.78, 5) is 0. The first kappa shape index (κ1) is 11.2. The van der Waals surface area contributed by atoms with Gasteiger partial charge in [-0.05, 0) is 30.2 Å². The van der Waals surface area contributed by atoms with E-state index in [0.717, 1.165) is 5.57 Å². The van der Waals surface area contributed by atoms with Gasteiger partial charge in [-0.2, -0.15) is 0 Å². The van der Waals surface area contributed by atoms with Crippen molar-refractivity contribution in [1.82, 2.24) is 0 Å². The first-order valence-electron chi connectivity index (χ1n) is 4.42. The van der Waals surface area contributed by atoms with Crippen LogP contribution in [0, 0.1) is 5.82 Å². The Morgan fingerprint density at radius 1 is 1.57 bits per heavy atom. The quantitative estimate of drug-likeness (QED) is 0.819. The number of halogens is 2. The minimum Gasteiger partial charge on any atom is -0.392 e. The molecule has 14 heavy (non-hydrogen) atoms. The lowest BCUT2D eigenvalue weighted by atomic mass is 10.1. The molecular formula is C11H12ClFO. The lowest BCUT2D eigenvalue weighted by Crippen LogP contribution is -1.90. The van der Waals surface area contributed by atoms with Gasteiger partial charge >= 0.3 is 0 Å². The molecule has 0 aromatic heterocycles. The molecule has 0 atom stereocenters. The molecular weight excluding hydrogens is 203 g/mol. The number of hydrogen-bond donors (Lipinski definition) is 1. The molecule has 0 aliphatic carbocycles. The van der Waals surface area contributed by atoms with Crippen molar-refractivity contribution in [3.8, 4) is 0 Å². The van der Waals surface area contributed by atoms with E-state index in [1.165, 1.54) is 12.1 Å². The molecule has 1 aromatic carbocycles. The lowest BCUT2D eigenvalue weighted by molar-refractivity contribution is 0.329. The van der Waals surface area contributed by atoms with Crippen molar-refractivity contribution >= 4 is 17.7 Å². The molecule has 1 N–H and O–H groups in total. The molecule has 0 amide bonds. The molecule has 0 unspecified atom stereocenters. The zero-order valence-electron chi connectivity index (χ0n) is 7.93. The number of hydrogen-bond acceptors (Lipinski definition) is 1. The second kappa shape index (κ2) is 5.13. The Balaban J connectivity index is 3.06. The average Bonchev–Trinajstić information content (AvgIpc) is 2.19. The molecule has 1 rings (SSSR count). The zero-order chi connectivity index (χ0) is 10.6. The topological polar surface area (TPSA) is 20.2 Å². The highest BCUT2D eigenvalue weighted by Crippen LogP contribution is 2.18. The van der Waals surface area contributed by atoms with Crippen LogP contribution >= 0.6 is 11.6 Å². The van der Waals surface area contributed by atoms with Crippen molar-refractivity contribution in [2.24, 2.45) is 0 Å². The zero-order valence-corrected chi connectivity index (χ0v) is 8.68. The molecule has 76 valence electrons. The molecule has 0 heterocycles. The third-order valence-corrected chi connectivity index (χ3v) is 2.21. The molecule has 1 nitrogen and oxygen atoms in total. The van der Waals surface area contributed by atoms with Gasteiger partial charge in [0.25, 0.3) is 0 Å². The lowest BCUT2D eigenvalue weighted by Gasteiger charge is -2.02. The minimum absolute atomic E-state index is 0.0531. The average molecular weight is 215 g/mol.